The van der Waals surface area contributed by atoms with E-state index in [-0.39, 0.29) is 5.56 Å². The monoisotopic (exact) mass is 303 g/mol. The maximum atomic E-state index is 13.0. The zero-order valence-corrected chi connectivity index (χ0v) is 12.4. The van der Waals surface area contributed by atoms with Crippen molar-refractivity contribution in [2.24, 2.45) is 0 Å². The molecule has 0 saturated carbocycles. The molecule has 0 fully saturated rings. The van der Waals surface area contributed by atoms with Crippen LogP contribution in [0.4, 0.5) is 0 Å². The molecule has 0 aliphatic heterocycles. The summed E-state index contributed by atoms with van der Waals surface area (Å²) in [6.07, 6.45) is 0. The second-order valence-electron chi connectivity index (χ2n) is 5.50. The standard InChI is InChI=1S/C19H13NO3/c1-12-6-9-14(10-7-12)20-18(21)17-15-5-3-2-4-13(15)8-11-16(17)23-19(20)22/h2-11H,1H3. The molecular weight excluding hydrogens is 290 g/mol. The lowest BCUT2D eigenvalue weighted by atomic mass is 10.1. The molecule has 4 rings (SSSR count). The molecule has 4 nitrogen and oxygen atoms in total. The number of fused-ring (bicyclic) bond motifs is 3. The van der Waals surface area contributed by atoms with Crippen molar-refractivity contribution in [3.05, 3.63) is 87.1 Å². The first kappa shape index (κ1) is 13.5. The van der Waals surface area contributed by atoms with E-state index in [1.165, 1.54) is 0 Å². The van der Waals surface area contributed by atoms with E-state index >= 15 is 0 Å². The summed E-state index contributed by atoms with van der Waals surface area (Å²) in [7, 11) is 0. The Bertz CT molecular complexity index is 1150. The SMILES string of the molecule is Cc1ccc(-n2c(=O)oc3ccc4ccccc4c3c2=O)cc1. The van der Waals surface area contributed by atoms with Gasteiger partial charge in [0.25, 0.3) is 5.56 Å². The quantitative estimate of drug-likeness (QED) is 0.506. The molecule has 0 aliphatic carbocycles. The second kappa shape index (κ2) is 4.95. The first-order valence-corrected chi connectivity index (χ1v) is 7.30. The van der Waals surface area contributed by atoms with Crippen molar-refractivity contribution in [3.63, 3.8) is 0 Å². The van der Waals surface area contributed by atoms with Gasteiger partial charge in [-0.1, -0.05) is 48.0 Å². The molecule has 0 aliphatic rings. The van der Waals surface area contributed by atoms with Crippen molar-refractivity contribution in [1.82, 2.24) is 4.57 Å². The molecule has 0 atom stereocenters. The van der Waals surface area contributed by atoms with Crippen LogP contribution < -0.4 is 11.3 Å². The molecule has 0 saturated heterocycles. The molecule has 112 valence electrons. The van der Waals surface area contributed by atoms with Crippen LogP contribution in [-0.2, 0) is 0 Å². The maximum absolute atomic E-state index is 13.0. The summed E-state index contributed by atoms with van der Waals surface area (Å²) in [5.74, 6) is -0.679. The highest BCUT2D eigenvalue weighted by atomic mass is 16.4. The van der Waals surface area contributed by atoms with E-state index in [9.17, 15) is 9.59 Å². The van der Waals surface area contributed by atoms with Crippen molar-refractivity contribution < 1.29 is 4.42 Å². The number of aromatic nitrogens is 1. The Kier molecular flexibility index (Phi) is 2.91. The lowest BCUT2D eigenvalue weighted by Crippen LogP contribution is -2.31. The Morgan fingerprint density at radius 1 is 0.870 bits per heavy atom. The molecule has 4 aromatic rings. The summed E-state index contributed by atoms with van der Waals surface area (Å²) in [6.45, 7) is 1.95. The zero-order valence-electron chi connectivity index (χ0n) is 12.4. The van der Waals surface area contributed by atoms with Crippen LogP contribution in [0.1, 0.15) is 5.56 Å². The fourth-order valence-electron chi connectivity index (χ4n) is 2.81. The molecule has 1 heterocycles. The van der Waals surface area contributed by atoms with E-state index < -0.39 is 5.76 Å². The van der Waals surface area contributed by atoms with E-state index in [4.69, 9.17) is 4.42 Å². The zero-order chi connectivity index (χ0) is 16.0. The fourth-order valence-corrected chi connectivity index (χ4v) is 2.81. The van der Waals surface area contributed by atoms with Gasteiger partial charge in [-0.15, -0.1) is 0 Å². The van der Waals surface area contributed by atoms with E-state index in [1.807, 2.05) is 49.4 Å². The van der Waals surface area contributed by atoms with Crippen molar-refractivity contribution in [1.29, 1.82) is 0 Å². The molecule has 0 amide bonds. The number of hydrogen-bond acceptors (Lipinski definition) is 3. The first-order valence-electron chi connectivity index (χ1n) is 7.30. The third-order valence-corrected chi connectivity index (χ3v) is 3.98. The highest BCUT2D eigenvalue weighted by molar-refractivity contribution is 6.04. The molecule has 0 N–H and O–H groups in total. The molecule has 0 unspecified atom stereocenters. The molecule has 4 heteroatoms. The molecule has 0 bridgehead atoms. The van der Waals surface area contributed by atoms with Gasteiger partial charge >= 0.3 is 5.76 Å². The van der Waals surface area contributed by atoms with Crippen molar-refractivity contribution in [2.75, 3.05) is 0 Å². The largest absolute Gasteiger partial charge is 0.426 e. The minimum Gasteiger partial charge on any atom is -0.409 e. The minimum atomic E-state index is -0.679. The molecule has 1 aromatic heterocycles. The third kappa shape index (κ3) is 2.07. The summed E-state index contributed by atoms with van der Waals surface area (Å²) in [5, 5.41) is 2.13. The van der Waals surface area contributed by atoms with Crippen LogP contribution in [0.5, 0.6) is 0 Å². The van der Waals surface area contributed by atoms with Gasteiger partial charge in [-0.3, -0.25) is 4.79 Å². The summed E-state index contributed by atoms with van der Waals surface area (Å²) in [4.78, 5) is 25.2. The van der Waals surface area contributed by atoms with Crippen LogP contribution in [0.3, 0.4) is 0 Å². The van der Waals surface area contributed by atoms with Crippen molar-refractivity contribution in [2.45, 2.75) is 6.92 Å². The summed E-state index contributed by atoms with van der Waals surface area (Å²) < 4.78 is 6.45. The predicted octanol–water partition coefficient (Wildman–Crippen LogP) is 3.41. The van der Waals surface area contributed by atoms with Gasteiger partial charge < -0.3 is 4.42 Å². The van der Waals surface area contributed by atoms with Crippen LogP contribution in [0.25, 0.3) is 27.4 Å². The third-order valence-electron chi connectivity index (χ3n) is 3.98. The predicted molar refractivity (Wildman–Crippen MR) is 90.3 cm³/mol. The van der Waals surface area contributed by atoms with E-state index in [0.29, 0.717) is 16.7 Å². The van der Waals surface area contributed by atoms with Gasteiger partial charge in [-0.05, 0) is 35.9 Å². The first-order chi connectivity index (χ1) is 11.1. The Morgan fingerprint density at radius 2 is 1.61 bits per heavy atom. The topological polar surface area (TPSA) is 52.2 Å². The normalized spacial score (nSPS) is 11.2. The molecule has 0 radical (unpaired) electrons. The van der Waals surface area contributed by atoms with Gasteiger partial charge in [-0.2, -0.15) is 0 Å². The van der Waals surface area contributed by atoms with Gasteiger partial charge in [0.1, 0.15) is 5.58 Å². The Balaban J connectivity index is 2.18. The number of aryl methyl sites for hydroxylation is 1. The van der Waals surface area contributed by atoms with Crippen LogP contribution >= 0.6 is 0 Å². The Labute approximate surface area is 131 Å². The summed E-state index contributed by atoms with van der Waals surface area (Å²) >= 11 is 0. The summed E-state index contributed by atoms with van der Waals surface area (Å²) in [6, 6.07) is 18.3. The molecular formula is C19H13NO3. The van der Waals surface area contributed by atoms with Gasteiger partial charge in [0, 0.05) is 0 Å². The lowest BCUT2D eigenvalue weighted by molar-refractivity contribution is 0.504. The highest BCUT2D eigenvalue weighted by Crippen LogP contribution is 2.22. The Hall–Kier alpha value is -3.14. The average Bonchev–Trinajstić information content (AvgIpc) is 2.56. The number of rotatable bonds is 1. The van der Waals surface area contributed by atoms with Crippen LogP contribution in [-0.4, -0.2) is 4.57 Å². The van der Waals surface area contributed by atoms with Gasteiger partial charge in [0.05, 0.1) is 11.1 Å². The van der Waals surface area contributed by atoms with Crippen LogP contribution in [0.2, 0.25) is 0 Å². The molecule has 23 heavy (non-hydrogen) atoms. The highest BCUT2D eigenvalue weighted by Gasteiger charge is 2.13. The number of hydrogen-bond donors (Lipinski definition) is 0. The van der Waals surface area contributed by atoms with E-state index in [2.05, 4.69) is 0 Å². The van der Waals surface area contributed by atoms with E-state index in [0.717, 1.165) is 20.9 Å². The van der Waals surface area contributed by atoms with Gasteiger partial charge in [0.2, 0.25) is 0 Å². The smallest absolute Gasteiger partial charge is 0.409 e. The van der Waals surface area contributed by atoms with Gasteiger partial charge in [-0.25, -0.2) is 9.36 Å². The minimum absolute atomic E-state index is 0.307. The Morgan fingerprint density at radius 3 is 2.39 bits per heavy atom. The maximum Gasteiger partial charge on any atom is 0.426 e. The van der Waals surface area contributed by atoms with E-state index in [1.54, 1.807) is 18.2 Å². The number of benzene rings is 3. The van der Waals surface area contributed by atoms with Crippen LogP contribution in [0.15, 0.2) is 74.7 Å². The summed E-state index contributed by atoms with van der Waals surface area (Å²) in [5.41, 5.74) is 1.50. The average molecular weight is 303 g/mol. The lowest BCUT2D eigenvalue weighted by Gasteiger charge is -2.07. The molecule has 3 aromatic carbocycles. The second-order valence-corrected chi connectivity index (χ2v) is 5.50. The van der Waals surface area contributed by atoms with Crippen molar-refractivity contribution >= 4 is 21.7 Å². The molecule has 0 spiro atoms. The number of nitrogens with zero attached hydrogens (tertiary/aromatic N) is 1. The van der Waals surface area contributed by atoms with Crippen molar-refractivity contribution in [3.8, 4) is 5.69 Å². The van der Waals surface area contributed by atoms with Crippen LogP contribution in [0, 0.1) is 6.92 Å². The fraction of sp³-hybridized carbons (Fsp3) is 0.0526. The van der Waals surface area contributed by atoms with Gasteiger partial charge in [0.15, 0.2) is 0 Å².